The molecule has 0 bridgehead atoms. The van der Waals surface area contributed by atoms with Gasteiger partial charge >= 0.3 is 5.97 Å². The SMILES string of the molecule is Cc1ccccc1-c1ccc(O[C@@H]2CCOC2)c(COc2ccc3c(c2)OC[C@H]3CC(=O)O)c1C. The van der Waals surface area contributed by atoms with E-state index in [-0.39, 0.29) is 18.4 Å². The molecule has 2 aliphatic heterocycles. The maximum Gasteiger partial charge on any atom is 0.304 e. The summed E-state index contributed by atoms with van der Waals surface area (Å²) in [6, 6.07) is 18.2. The van der Waals surface area contributed by atoms with Crippen molar-refractivity contribution < 1.29 is 28.8 Å². The Bertz CT molecular complexity index is 1230. The zero-order chi connectivity index (χ0) is 24.4. The lowest BCUT2D eigenvalue weighted by molar-refractivity contribution is -0.137. The molecule has 3 aromatic carbocycles. The highest BCUT2D eigenvalue weighted by Gasteiger charge is 2.27. The van der Waals surface area contributed by atoms with Gasteiger partial charge in [0.15, 0.2) is 0 Å². The molecule has 0 unspecified atom stereocenters. The van der Waals surface area contributed by atoms with Gasteiger partial charge in [0.2, 0.25) is 0 Å². The molecule has 1 N–H and O–H groups in total. The van der Waals surface area contributed by atoms with Crippen LogP contribution in [0, 0.1) is 13.8 Å². The van der Waals surface area contributed by atoms with Gasteiger partial charge in [-0.3, -0.25) is 4.79 Å². The van der Waals surface area contributed by atoms with E-state index in [4.69, 9.17) is 24.1 Å². The molecule has 2 heterocycles. The molecule has 182 valence electrons. The van der Waals surface area contributed by atoms with Crippen LogP contribution in [0.2, 0.25) is 0 Å². The fourth-order valence-corrected chi connectivity index (χ4v) is 4.86. The van der Waals surface area contributed by atoms with Crippen LogP contribution >= 0.6 is 0 Å². The first-order chi connectivity index (χ1) is 17.0. The van der Waals surface area contributed by atoms with Gasteiger partial charge in [-0.05, 0) is 48.2 Å². The quantitative estimate of drug-likeness (QED) is 0.454. The molecule has 0 amide bonds. The maximum atomic E-state index is 11.1. The molecule has 1 saturated heterocycles. The summed E-state index contributed by atoms with van der Waals surface area (Å²) < 4.78 is 23.8. The number of carboxylic acid groups (broad SMARTS) is 1. The van der Waals surface area contributed by atoms with Crippen LogP contribution in [0.15, 0.2) is 54.6 Å². The van der Waals surface area contributed by atoms with Crippen molar-refractivity contribution in [3.63, 3.8) is 0 Å². The molecule has 0 spiro atoms. The fraction of sp³-hybridized carbons (Fsp3) is 0.345. The molecule has 5 rings (SSSR count). The minimum absolute atomic E-state index is 0.0389. The van der Waals surface area contributed by atoms with Crippen LogP contribution in [0.3, 0.4) is 0 Å². The van der Waals surface area contributed by atoms with Gasteiger partial charge in [-0.1, -0.05) is 36.4 Å². The van der Waals surface area contributed by atoms with Crippen molar-refractivity contribution >= 4 is 5.97 Å². The molecule has 35 heavy (non-hydrogen) atoms. The molecule has 2 aliphatic rings. The van der Waals surface area contributed by atoms with Crippen LogP contribution in [0.5, 0.6) is 17.2 Å². The second-order valence-corrected chi connectivity index (χ2v) is 9.23. The summed E-state index contributed by atoms with van der Waals surface area (Å²) >= 11 is 0. The van der Waals surface area contributed by atoms with Gasteiger partial charge in [-0.15, -0.1) is 0 Å². The standard InChI is InChI=1S/C29H30O6/c1-18-5-3-4-6-23(18)24-9-10-27(35-22-11-12-32-16-22)26(19(24)2)17-33-21-7-8-25-20(13-29(30)31)15-34-28(25)14-21/h3-10,14,20,22H,11-13,15-17H2,1-2H3,(H,30,31)/t20-,22-/m1/s1. The Balaban J connectivity index is 1.42. The van der Waals surface area contributed by atoms with Gasteiger partial charge in [0.1, 0.15) is 30.0 Å². The highest BCUT2D eigenvalue weighted by Crippen LogP contribution is 2.39. The molecule has 0 saturated carbocycles. The lowest BCUT2D eigenvalue weighted by Gasteiger charge is -2.21. The van der Waals surface area contributed by atoms with Crippen LogP contribution < -0.4 is 14.2 Å². The van der Waals surface area contributed by atoms with Crippen molar-refractivity contribution in [2.24, 2.45) is 0 Å². The minimum atomic E-state index is -0.823. The van der Waals surface area contributed by atoms with Crippen molar-refractivity contribution in [3.8, 4) is 28.4 Å². The number of rotatable bonds is 8. The summed E-state index contributed by atoms with van der Waals surface area (Å²) in [4.78, 5) is 11.1. The number of carbonyl (C=O) groups is 1. The van der Waals surface area contributed by atoms with E-state index in [1.807, 2.05) is 30.3 Å². The van der Waals surface area contributed by atoms with Crippen molar-refractivity contribution in [2.45, 2.75) is 45.3 Å². The van der Waals surface area contributed by atoms with Crippen LogP contribution in [-0.4, -0.2) is 37.0 Å². The van der Waals surface area contributed by atoms with Crippen molar-refractivity contribution in [3.05, 3.63) is 76.9 Å². The van der Waals surface area contributed by atoms with Crippen LogP contribution in [-0.2, 0) is 16.1 Å². The lowest BCUT2D eigenvalue weighted by atomic mass is 9.93. The Morgan fingerprint density at radius 1 is 1.06 bits per heavy atom. The molecule has 6 heteroatoms. The van der Waals surface area contributed by atoms with E-state index in [9.17, 15) is 4.79 Å². The van der Waals surface area contributed by atoms with Crippen molar-refractivity contribution in [1.82, 2.24) is 0 Å². The van der Waals surface area contributed by atoms with E-state index >= 15 is 0 Å². The second-order valence-electron chi connectivity index (χ2n) is 9.23. The van der Waals surface area contributed by atoms with Gasteiger partial charge in [0, 0.05) is 29.5 Å². The van der Waals surface area contributed by atoms with E-state index in [2.05, 4.69) is 38.1 Å². The van der Waals surface area contributed by atoms with Crippen LogP contribution in [0.25, 0.3) is 11.1 Å². The number of aliphatic carboxylic acids is 1. The molecule has 0 aromatic heterocycles. The van der Waals surface area contributed by atoms with Gasteiger partial charge in [-0.2, -0.15) is 0 Å². The molecule has 0 radical (unpaired) electrons. The van der Waals surface area contributed by atoms with Crippen molar-refractivity contribution in [1.29, 1.82) is 0 Å². The predicted molar refractivity (Wildman–Crippen MR) is 132 cm³/mol. The number of carboxylic acids is 1. The summed E-state index contributed by atoms with van der Waals surface area (Å²) in [5, 5.41) is 9.14. The highest BCUT2D eigenvalue weighted by molar-refractivity contribution is 5.73. The van der Waals surface area contributed by atoms with Crippen LogP contribution in [0.4, 0.5) is 0 Å². The van der Waals surface area contributed by atoms with Gasteiger partial charge in [0.25, 0.3) is 0 Å². The number of benzene rings is 3. The van der Waals surface area contributed by atoms with E-state index in [0.29, 0.717) is 31.3 Å². The third-order valence-electron chi connectivity index (χ3n) is 6.84. The van der Waals surface area contributed by atoms with Crippen molar-refractivity contribution in [2.75, 3.05) is 19.8 Å². The zero-order valence-electron chi connectivity index (χ0n) is 20.1. The molecular formula is C29H30O6. The Morgan fingerprint density at radius 2 is 1.91 bits per heavy atom. The lowest BCUT2D eigenvalue weighted by Crippen LogP contribution is -2.17. The predicted octanol–water partition coefficient (Wildman–Crippen LogP) is 5.67. The topological polar surface area (TPSA) is 74.2 Å². The van der Waals surface area contributed by atoms with E-state index in [1.54, 1.807) is 0 Å². The largest absolute Gasteiger partial charge is 0.492 e. The van der Waals surface area contributed by atoms with E-state index in [1.165, 1.54) is 11.1 Å². The van der Waals surface area contributed by atoms with Gasteiger partial charge in [0.05, 0.1) is 26.2 Å². The van der Waals surface area contributed by atoms with Gasteiger partial charge in [-0.25, -0.2) is 0 Å². The molecule has 3 aromatic rings. The van der Waals surface area contributed by atoms with Crippen LogP contribution in [0.1, 0.15) is 41.0 Å². The monoisotopic (exact) mass is 474 g/mol. The second kappa shape index (κ2) is 10.0. The first-order valence-electron chi connectivity index (χ1n) is 12.0. The Morgan fingerprint density at radius 3 is 2.69 bits per heavy atom. The zero-order valence-corrected chi connectivity index (χ0v) is 20.1. The fourth-order valence-electron chi connectivity index (χ4n) is 4.86. The molecule has 0 aliphatic carbocycles. The minimum Gasteiger partial charge on any atom is -0.492 e. The third kappa shape index (κ3) is 4.98. The summed E-state index contributed by atoms with van der Waals surface area (Å²) in [5.41, 5.74) is 6.61. The number of hydrogen-bond donors (Lipinski definition) is 1. The van der Waals surface area contributed by atoms with E-state index < -0.39 is 5.97 Å². The molecule has 6 nitrogen and oxygen atoms in total. The number of fused-ring (bicyclic) bond motifs is 1. The molecule has 2 atom stereocenters. The Labute approximate surface area is 205 Å². The smallest absolute Gasteiger partial charge is 0.304 e. The normalized spacial score (nSPS) is 18.7. The number of hydrogen-bond acceptors (Lipinski definition) is 5. The first kappa shape index (κ1) is 23.2. The third-order valence-corrected chi connectivity index (χ3v) is 6.84. The Hall–Kier alpha value is -3.51. The molecular weight excluding hydrogens is 444 g/mol. The summed E-state index contributed by atoms with van der Waals surface area (Å²) in [6.45, 7) is 6.26. The summed E-state index contributed by atoms with van der Waals surface area (Å²) in [6.07, 6.45) is 0.972. The average molecular weight is 475 g/mol. The number of aryl methyl sites for hydroxylation is 1. The molecule has 1 fully saturated rings. The van der Waals surface area contributed by atoms with E-state index in [0.717, 1.165) is 41.0 Å². The van der Waals surface area contributed by atoms with Gasteiger partial charge < -0.3 is 24.1 Å². The Kier molecular flexibility index (Phi) is 6.64. The maximum absolute atomic E-state index is 11.1. The summed E-state index contributed by atoms with van der Waals surface area (Å²) in [7, 11) is 0. The number of ether oxygens (including phenoxy) is 4. The average Bonchev–Trinajstić information content (AvgIpc) is 3.49. The summed E-state index contributed by atoms with van der Waals surface area (Å²) in [5.74, 6) is 1.23. The highest BCUT2D eigenvalue weighted by atomic mass is 16.5. The first-order valence-corrected chi connectivity index (χ1v) is 12.0.